The number of rotatable bonds is 2. The predicted molar refractivity (Wildman–Crippen MR) is 72.4 cm³/mol. The maximum Gasteiger partial charge on any atom is 0.318 e. The Bertz CT molecular complexity index is 490. The standard InChI is InChI=1S/C14H16FN3O/c1-2-7-16-14(19)18-10-8-17(9-11-18)13-6-4-3-5-12(13)15/h1,3-6H,7-11H2,(H,16,19). The quantitative estimate of drug-likeness (QED) is 0.814. The second-order valence-corrected chi connectivity index (χ2v) is 4.29. The first kappa shape index (κ1) is 13.2. The number of halogens is 1. The predicted octanol–water partition coefficient (Wildman–Crippen LogP) is 1.29. The van der Waals surface area contributed by atoms with Gasteiger partial charge in [-0.05, 0) is 12.1 Å². The fourth-order valence-corrected chi connectivity index (χ4v) is 2.10. The Kier molecular flexibility index (Phi) is 4.24. The lowest BCUT2D eigenvalue weighted by Crippen LogP contribution is -2.52. The van der Waals surface area contributed by atoms with E-state index in [1.807, 2.05) is 11.0 Å². The van der Waals surface area contributed by atoms with Crippen molar-refractivity contribution >= 4 is 11.7 Å². The summed E-state index contributed by atoms with van der Waals surface area (Å²) in [6.07, 6.45) is 5.09. The molecule has 0 aromatic heterocycles. The number of hydrogen-bond acceptors (Lipinski definition) is 2. The average molecular weight is 261 g/mol. The average Bonchev–Trinajstić information content (AvgIpc) is 2.45. The zero-order valence-corrected chi connectivity index (χ0v) is 10.6. The largest absolute Gasteiger partial charge is 0.366 e. The van der Waals surface area contributed by atoms with E-state index < -0.39 is 0 Å². The van der Waals surface area contributed by atoms with Crippen LogP contribution in [-0.4, -0.2) is 43.7 Å². The number of carbonyl (C=O) groups is 1. The molecule has 0 saturated carbocycles. The summed E-state index contributed by atoms with van der Waals surface area (Å²) >= 11 is 0. The summed E-state index contributed by atoms with van der Waals surface area (Å²) in [4.78, 5) is 15.3. The molecule has 1 aliphatic rings. The van der Waals surface area contributed by atoms with Crippen molar-refractivity contribution in [1.82, 2.24) is 10.2 Å². The molecule has 0 radical (unpaired) electrons. The summed E-state index contributed by atoms with van der Waals surface area (Å²) in [6.45, 7) is 2.58. The molecule has 100 valence electrons. The Morgan fingerprint density at radius 2 is 2.00 bits per heavy atom. The second kappa shape index (κ2) is 6.10. The van der Waals surface area contributed by atoms with Crippen LogP contribution in [-0.2, 0) is 0 Å². The number of nitrogens with one attached hydrogen (secondary N) is 1. The lowest BCUT2D eigenvalue weighted by atomic mass is 10.2. The number of terminal acetylenes is 1. The van der Waals surface area contributed by atoms with Crippen LogP contribution in [0.25, 0.3) is 0 Å². The van der Waals surface area contributed by atoms with Gasteiger partial charge in [0.05, 0.1) is 12.2 Å². The van der Waals surface area contributed by atoms with Crippen molar-refractivity contribution < 1.29 is 9.18 Å². The summed E-state index contributed by atoms with van der Waals surface area (Å²) in [5.74, 6) is 2.13. The third-order valence-corrected chi connectivity index (χ3v) is 3.10. The van der Waals surface area contributed by atoms with Gasteiger partial charge in [0.2, 0.25) is 0 Å². The van der Waals surface area contributed by atoms with Crippen LogP contribution in [0.1, 0.15) is 0 Å². The normalized spacial score (nSPS) is 14.9. The van der Waals surface area contributed by atoms with E-state index in [-0.39, 0.29) is 18.4 Å². The molecular formula is C14H16FN3O. The number of nitrogens with zero attached hydrogens (tertiary/aromatic N) is 2. The van der Waals surface area contributed by atoms with E-state index in [1.165, 1.54) is 6.07 Å². The topological polar surface area (TPSA) is 35.6 Å². The first-order chi connectivity index (χ1) is 9.22. The van der Waals surface area contributed by atoms with Crippen LogP contribution in [0.3, 0.4) is 0 Å². The minimum atomic E-state index is -0.229. The highest BCUT2D eigenvalue weighted by Gasteiger charge is 2.22. The number of piperazine rings is 1. The van der Waals surface area contributed by atoms with E-state index >= 15 is 0 Å². The SMILES string of the molecule is C#CCNC(=O)N1CCN(c2ccccc2F)CC1. The van der Waals surface area contributed by atoms with Crippen LogP contribution in [0.5, 0.6) is 0 Å². The number of anilines is 1. The van der Waals surface area contributed by atoms with Gasteiger partial charge in [-0.2, -0.15) is 0 Å². The molecule has 1 fully saturated rings. The molecule has 0 unspecified atom stereocenters. The summed E-state index contributed by atoms with van der Waals surface area (Å²) in [5, 5.41) is 2.63. The molecule has 1 aromatic carbocycles. The fraction of sp³-hybridized carbons (Fsp3) is 0.357. The van der Waals surface area contributed by atoms with Crippen molar-refractivity contribution in [1.29, 1.82) is 0 Å². The third kappa shape index (κ3) is 3.16. The zero-order chi connectivity index (χ0) is 13.7. The van der Waals surface area contributed by atoms with Crippen LogP contribution in [0.2, 0.25) is 0 Å². The van der Waals surface area contributed by atoms with Crippen molar-refractivity contribution in [3.8, 4) is 12.3 Å². The van der Waals surface area contributed by atoms with Gasteiger partial charge in [-0.3, -0.25) is 0 Å². The summed E-state index contributed by atoms with van der Waals surface area (Å²) in [6, 6.07) is 6.52. The van der Waals surface area contributed by atoms with Gasteiger partial charge in [-0.25, -0.2) is 9.18 Å². The fourth-order valence-electron chi connectivity index (χ4n) is 2.10. The molecule has 2 rings (SSSR count). The van der Waals surface area contributed by atoms with Gasteiger partial charge in [0.1, 0.15) is 5.82 Å². The van der Waals surface area contributed by atoms with Gasteiger partial charge in [-0.1, -0.05) is 18.1 Å². The summed E-state index contributed by atoms with van der Waals surface area (Å²) < 4.78 is 13.6. The van der Waals surface area contributed by atoms with Crippen molar-refractivity contribution in [2.24, 2.45) is 0 Å². The van der Waals surface area contributed by atoms with Gasteiger partial charge in [0.25, 0.3) is 0 Å². The van der Waals surface area contributed by atoms with Crippen molar-refractivity contribution in [3.63, 3.8) is 0 Å². The Labute approximate surface area is 112 Å². The molecule has 2 amide bonds. The van der Waals surface area contributed by atoms with Crippen LogP contribution < -0.4 is 10.2 Å². The maximum absolute atomic E-state index is 13.6. The number of amides is 2. The molecule has 1 saturated heterocycles. The van der Waals surface area contributed by atoms with E-state index in [9.17, 15) is 9.18 Å². The molecule has 1 aliphatic heterocycles. The molecule has 0 spiro atoms. The molecule has 1 N–H and O–H groups in total. The highest BCUT2D eigenvalue weighted by Crippen LogP contribution is 2.19. The molecule has 1 heterocycles. The summed E-state index contributed by atoms with van der Waals surface area (Å²) in [7, 11) is 0. The minimum Gasteiger partial charge on any atom is -0.366 e. The van der Waals surface area contributed by atoms with Gasteiger partial charge in [0.15, 0.2) is 0 Å². The number of urea groups is 1. The molecule has 4 nitrogen and oxygen atoms in total. The number of carbonyl (C=O) groups excluding carboxylic acids is 1. The smallest absolute Gasteiger partial charge is 0.318 e. The van der Waals surface area contributed by atoms with Crippen LogP contribution in [0.4, 0.5) is 14.9 Å². The van der Waals surface area contributed by atoms with Gasteiger partial charge in [-0.15, -0.1) is 6.42 Å². The van der Waals surface area contributed by atoms with Crippen LogP contribution in [0, 0.1) is 18.2 Å². The molecule has 0 aliphatic carbocycles. The molecule has 0 atom stereocenters. The first-order valence-corrected chi connectivity index (χ1v) is 6.18. The number of hydrogen-bond donors (Lipinski definition) is 1. The number of benzene rings is 1. The lowest BCUT2D eigenvalue weighted by molar-refractivity contribution is 0.195. The van der Waals surface area contributed by atoms with Gasteiger partial charge >= 0.3 is 6.03 Å². The molecule has 0 bridgehead atoms. The van der Waals surface area contributed by atoms with E-state index in [2.05, 4.69) is 11.2 Å². The lowest BCUT2D eigenvalue weighted by Gasteiger charge is -2.36. The molecule has 19 heavy (non-hydrogen) atoms. The van der Waals surface area contributed by atoms with Gasteiger partial charge < -0.3 is 15.1 Å². The zero-order valence-electron chi connectivity index (χ0n) is 10.6. The Hall–Kier alpha value is -2.22. The molecule has 5 heteroatoms. The van der Waals surface area contributed by atoms with E-state index in [4.69, 9.17) is 6.42 Å². The van der Waals surface area contributed by atoms with Crippen molar-refractivity contribution in [2.45, 2.75) is 0 Å². The summed E-state index contributed by atoms with van der Waals surface area (Å²) in [5.41, 5.74) is 0.589. The molecular weight excluding hydrogens is 245 g/mol. The minimum absolute atomic E-state index is 0.161. The third-order valence-electron chi connectivity index (χ3n) is 3.10. The number of para-hydroxylation sites is 1. The maximum atomic E-state index is 13.6. The van der Waals surface area contributed by atoms with E-state index in [0.717, 1.165) is 0 Å². The van der Waals surface area contributed by atoms with Crippen molar-refractivity contribution in [3.05, 3.63) is 30.1 Å². The van der Waals surface area contributed by atoms with Crippen LogP contribution in [0.15, 0.2) is 24.3 Å². The Balaban J connectivity index is 1.91. The van der Waals surface area contributed by atoms with Crippen molar-refractivity contribution in [2.75, 3.05) is 37.6 Å². The highest BCUT2D eigenvalue weighted by molar-refractivity contribution is 5.74. The van der Waals surface area contributed by atoms with Gasteiger partial charge in [0, 0.05) is 26.2 Å². The van der Waals surface area contributed by atoms with E-state index in [1.54, 1.807) is 17.0 Å². The first-order valence-electron chi connectivity index (χ1n) is 6.18. The highest BCUT2D eigenvalue weighted by atomic mass is 19.1. The Morgan fingerprint density at radius 1 is 1.32 bits per heavy atom. The van der Waals surface area contributed by atoms with Crippen LogP contribution >= 0.6 is 0 Å². The molecule has 1 aromatic rings. The monoisotopic (exact) mass is 261 g/mol. The Morgan fingerprint density at radius 3 is 2.63 bits per heavy atom. The van der Waals surface area contributed by atoms with E-state index in [0.29, 0.717) is 31.9 Å². The second-order valence-electron chi connectivity index (χ2n) is 4.29.